The van der Waals surface area contributed by atoms with Crippen molar-refractivity contribution in [2.45, 2.75) is 25.2 Å². The van der Waals surface area contributed by atoms with Crippen molar-refractivity contribution in [1.29, 1.82) is 0 Å². The molecule has 2 aromatic carbocycles. The predicted octanol–water partition coefficient (Wildman–Crippen LogP) is 3.48. The number of nitrogens with one attached hydrogen (secondary N) is 1. The Morgan fingerprint density at radius 2 is 2.00 bits per heavy atom. The zero-order valence-electron chi connectivity index (χ0n) is 10.4. The van der Waals surface area contributed by atoms with Gasteiger partial charge in [0.1, 0.15) is 0 Å². The largest absolute Gasteiger partial charge is 0.320 e. The molecular weight excluding hydrogens is 206 g/mol. The van der Waals surface area contributed by atoms with Crippen LogP contribution in [-0.2, 0) is 6.42 Å². The summed E-state index contributed by atoms with van der Waals surface area (Å²) >= 11 is 0. The zero-order chi connectivity index (χ0) is 11.7. The summed E-state index contributed by atoms with van der Waals surface area (Å²) in [4.78, 5) is 0. The SMILES string of the molecule is CNCCCC1Cc2cccc3cccc1c23. The highest BCUT2D eigenvalue weighted by Gasteiger charge is 2.23. The Morgan fingerprint density at radius 3 is 2.82 bits per heavy atom. The molecular formula is C16H19N. The van der Waals surface area contributed by atoms with Gasteiger partial charge in [-0.1, -0.05) is 36.4 Å². The van der Waals surface area contributed by atoms with Crippen LogP contribution in [0.1, 0.15) is 29.9 Å². The maximum atomic E-state index is 3.24. The molecule has 1 atom stereocenters. The van der Waals surface area contributed by atoms with Crippen molar-refractivity contribution < 1.29 is 0 Å². The van der Waals surface area contributed by atoms with Crippen LogP contribution in [0.15, 0.2) is 36.4 Å². The minimum Gasteiger partial charge on any atom is -0.320 e. The first kappa shape index (κ1) is 10.8. The quantitative estimate of drug-likeness (QED) is 0.785. The third kappa shape index (κ3) is 1.85. The van der Waals surface area contributed by atoms with Crippen LogP contribution >= 0.6 is 0 Å². The molecule has 0 saturated heterocycles. The van der Waals surface area contributed by atoms with E-state index in [1.165, 1.54) is 30.0 Å². The van der Waals surface area contributed by atoms with Gasteiger partial charge in [0.2, 0.25) is 0 Å². The predicted molar refractivity (Wildman–Crippen MR) is 73.6 cm³/mol. The fourth-order valence-electron chi connectivity index (χ4n) is 3.12. The standard InChI is InChI=1S/C16H19N/c1-17-10-4-8-13-11-14-7-2-5-12-6-3-9-15(13)16(12)14/h2-3,5-7,9,13,17H,4,8,10-11H2,1H3. The van der Waals surface area contributed by atoms with E-state index in [-0.39, 0.29) is 0 Å². The van der Waals surface area contributed by atoms with Crippen molar-refractivity contribution in [3.63, 3.8) is 0 Å². The topological polar surface area (TPSA) is 12.0 Å². The summed E-state index contributed by atoms with van der Waals surface area (Å²) in [5.74, 6) is 0.740. The highest BCUT2D eigenvalue weighted by molar-refractivity contribution is 5.91. The van der Waals surface area contributed by atoms with Crippen LogP contribution in [0.5, 0.6) is 0 Å². The van der Waals surface area contributed by atoms with E-state index in [1.807, 2.05) is 7.05 Å². The molecule has 0 saturated carbocycles. The first-order valence-corrected chi connectivity index (χ1v) is 6.55. The fraction of sp³-hybridized carbons (Fsp3) is 0.375. The van der Waals surface area contributed by atoms with Gasteiger partial charge in [-0.05, 0) is 60.7 Å². The number of benzene rings is 2. The second kappa shape index (κ2) is 4.50. The average molecular weight is 225 g/mol. The highest BCUT2D eigenvalue weighted by atomic mass is 14.8. The maximum absolute atomic E-state index is 3.24. The smallest absolute Gasteiger partial charge is 0.00517 e. The molecule has 0 fully saturated rings. The van der Waals surface area contributed by atoms with E-state index in [0.717, 1.165) is 12.5 Å². The summed E-state index contributed by atoms with van der Waals surface area (Å²) in [5.41, 5.74) is 3.13. The van der Waals surface area contributed by atoms with E-state index >= 15 is 0 Å². The number of hydrogen-bond acceptors (Lipinski definition) is 1. The van der Waals surface area contributed by atoms with E-state index < -0.39 is 0 Å². The summed E-state index contributed by atoms with van der Waals surface area (Å²) in [6.45, 7) is 1.13. The van der Waals surface area contributed by atoms with Gasteiger partial charge in [-0.2, -0.15) is 0 Å². The van der Waals surface area contributed by atoms with Crippen molar-refractivity contribution in [2.75, 3.05) is 13.6 Å². The lowest BCUT2D eigenvalue weighted by Gasteiger charge is -2.11. The summed E-state index contributed by atoms with van der Waals surface area (Å²) in [5, 5.41) is 6.18. The van der Waals surface area contributed by atoms with Gasteiger partial charge < -0.3 is 5.32 Å². The normalized spacial score (nSPS) is 17.8. The van der Waals surface area contributed by atoms with E-state index in [4.69, 9.17) is 0 Å². The van der Waals surface area contributed by atoms with Crippen LogP contribution in [0.3, 0.4) is 0 Å². The third-order valence-electron chi connectivity index (χ3n) is 3.91. The lowest BCUT2D eigenvalue weighted by Crippen LogP contribution is -2.09. The lowest BCUT2D eigenvalue weighted by molar-refractivity contribution is 0.586. The van der Waals surface area contributed by atoms with E-state index in [2.05, 4.69) is 41.7 Å². The molecule has 17 heavy (non-hydrogen) atoms. The van der Waals surface area contributed by atoms with E-state index in [1.54, 1.807) is 11.1 Å². The van der Waals surface area contributed by atoms with Crippen molar-refractivity contribution in [3.05, 3.63) is 47.5 Å². The number of rotatable bonds is 4. The molecule has 0 bridgehead atoms. The first-order chi connectivity index (χ1) is 8.40. The lowest BCUT2D eigenvalue weighted by atomic mass is 9.95. The summed E-state index contributed by atoms with van der Waals surface area (Å²) < 4.78 is 0. The molecule has 88 valence electrons. The minimum atomic E-state index is 0.740. The first-order valence-electron chi connectivity index (χ1n) is 6.55. The Hall–Kier alpha value is -1.34. The number of hydrogen-bond donors (Lipinski definition) is 1. The van der Waals surface area contributed by atoms with Gasteiger partial charge in [0.05, 0.1) is 0 Å². The Balaban J connectivity index is 1.93. The second-order valence-electron chi connectivity index (χ2n) is 5.01. The molecule has 1 N–H and O–H groups in total. The fourth-order valence-corrected chi connectivity index (χ4v) is 3.12. The van der Waals surface area contributed by atoms with Crippen LogP contribution in [0.4, 0.5) is 0 Å². The molecule has 1 heteroatoms. The summed E-state index contributed by atoms with van der Waals surface area (Å²) in [6, 6.07) is 13.5. The molecule has 0 radical (unpaired) electrons. The second-order valence-corrected chi connectivity index (χ2v) is 5.01. The van der Waals surface area contributed by atoms with Crippen LogP contribution in [0, 0.1) is 0 Å². The van der Waals surface area contributed by atoms with Gasteiger partial charge in [0, 0.05) is 0 Å². The Kier molecular flexibility index (Phi) is 2.86. The van der Waals surface area contributed by atoms with Crippen LogP contribution < -0.4 is 5.32 Å². The molecule has 1 aliphatic rings. The molecule has 0 aliphatic heterocycles. The molecule has 1 aliphatic carbocycles. The van der Waals surface area contributed by atoms with Gasteiger partial charge >= 0.3 is 0 Å². The molecule has 2 aromatic rings. The van der Waals surface area contributed by atoms with Crippen LogP contribution in [-0.4, -0.2) is 13.6 Å². The van der Waals surface area contributed by atoms with Gasteiger partial charge in [-0.25, -0.2) is 0 Å². The molecule has 0 amide bonds. The van der Waals surface area contributed by atoms with Crippen molar-refractivity contribution in [1.82, 2.24) is 5.32 Å². The Morgan fingerprint density at radius 1 is 1.18 bits per heavy atom. The van der Waals surface area contributed by atoms with Gasteiger partial charge in [0.15, 0.2) is 0 Å². The van der Waals surface area contributed by atoms with Crippen molar-refractivity contribution in [3.8, 4) is 0 Å². The van der Waals surface area contributed by atoms with E-state index in [0.29, 0.717) is 0 Å². The molecule has 1 nitrogen and oxygen atoms in total. The van der Waals surface area contributed by atoms with Gasteiger partial charge in [-0.15, -0.1) is 0 Å². The monoisotopic (exact) mass is 225 g/mol. The molecule has 0 spiro atoms. The maximum Gasteiger partial charge on any atom is -0.00517 e. The van der Waals surface area contributed by atoms with Gasteiger partial charge in [-0.3, -0.25) is 0 Å². The molecule has 0 heterocycles. The van der Waals surface area contributed by atoms with Crippen LogP contribution in [0.2, 0.25) is 0 Å². The van der Waals surface area contributed by atoms with Crippen LogP contribution in [0.25, 0.3) is 10.8 Å². The third-order valence-corrected chi connectivity index (χ3v) is 3.91. The summed E-state index contributed by atoms with van der Waals surface area (Å²) in [6.07, 6.45) is 3.81. The molecule has 1 unspecified atom stereocenters. The van der Waals surface area contributed by atoms with Crippen molar-refractivity contribution >= 4 is 10.8 Å². The highest BCUT2D eigenvalue weighted by Crippen LogP contribution is 2.40. The molecule has 3 rings (SSSR count). The Labute approximate surface area is 103 Å². The van der Waals surface area contributed by atoms with Gasteiger partial charge in [0.25, 0.3) is 0 Å². The minimum absolute atomic E-state index is 0.740. The zero-order valence-corrected chi connectivity index (χ0v) is 10.4. The molecule has 0 aromatic heterocycles. The average Bonchev–Trinajstić information content (AvgIpc) is 2.71. The Bertz CT molecular complexity index is 525. The summed E-state index contributed by atoms with van der Waals surface area (Å²) in [7, 11) is 2.03. The van der Waals surface area contributed by atoms with Crippen molar-refractivity contribution in [2.24, 2.45) is 0 Å². The van der Waals surface area contributed by atoms with E-state index in [9.17, 15) is 0 Å².